The van der Waals surface area contributed by atoms with Gasteiger partial charge in [-0.25, -0.2) is 12.7 Å². The second-order valence-electron chi connectivity index (χ2n) is 4.90. The standard InChI is InChI=1S/C15H16ClN3O3S/c1-19(2)23(21,22)14-9-3-11(4-10-14)15(20)18-17-13-7-5-12(16)6-8-13/h3-10,17H,1-2H3,(H,18,20). The maximum atomic E-state index is 12.0. The Bertz CT molecular complexity index is 788. The fraction of sp³-hybridized carbons (Fsp3) is 0.133. The zero-order valence-corrected chi connectivity index (χ0v) is 14.1. The number of benzene rings is 2. The quantitative estimate of drug-likeness (QED) is 0.809. The number of hydrazine groups is 1. The second kappa shape index (κ2) is 6.99. The summed E-state index contributed by atoms with van der Waals surface area (Å²) in [5.74, 6) is -0.381. The maximum absolute atomic E-state index is 12.0. The summed E-state index contributed by atoms with van der Waals surface area (Å²) >= 11 is 5.78. The third-order valence-electron chi connectivity index (χ3n) is 3.06. The van der Waals surface area contributed by atoms with E-state index in [2.05, 4.69) is 10.9 Å². The van der Waals surface area contributed by atoms with Crippen molar-refractivity contribution in [3.8, 4) is 0 Å². The Balaban J connectivity index is 2.04. The fourth-order valence-electron chi connectivity index (χ4n) is 1.72. The third-order valence-corrected chi connectivity index (χ3v) is 5.14. The lowest BCUT2D eigenvalue weighted by Gasteiger charge is -2.12. The lowest BCUT2D eigenvalue weighted by molar-refractivity contribution is 0.0962. The number of rotatable bonds is 5. The molecular weight excluding hydrogens is 338 g/mol. The predicted octanol–water partition coefficient (Wildman–Crippen LogP) is 2.35. The highest BCUT2D eigenvalue weighted by Crippen LogP contribution is 2.15. The number of hydrogen-bond acceptors (Lipinski definition) is 4. The van der Waals surface area contributed by atoms with Crippen LogP contribution in [0.2, 0.25) is 5.02 Å². The van der Waals surface area contributed by atoms with Crippen molar-refractivity contribution < 1.29 is 13.2 Å². The molecule has 0 radical (unpaired) electrons. The van der Waals surface area contributed by atoms with Gasteiger partial charge in [0.25, 0.3) is 5.91 Å². The molecule has 2 N–H and O–H groups in total. The Labute approximate surface area is 140 Å². The van der Waals surface area contributed by atoms with E-state index in [1.165, 1.54) is 38.4 Å². The van der Waals surface area contributed by atoms with Gasteiger partial charge in [-0.2, -0.15) is 0 Å². The summed E-state index contributed by atoms with van der Waals surface area (Å²) < 4.78 is 25.0. The topological polar surface area (TPSA) is 78.5 Å². The monoisotopic (exact) mass is 353 g/mol. The summed E-state index contributed by atoms with van der Waals surface area (Å²) in [6.07, 6.45) is 0. The minimum absolute atomic E-state index is 0.129. The molecule has 122 valence electrons. The van der Waals surface area contributed by atoms with E-state index in [0.29, 0.717) is 16.3 Å². The van der Waals surface area contributed by atoms with Crippen LogP contribution < -0.4 is 10.9 Å². The lowest BCUT2D eigenvalue weighted by atomic mass is 10.2. The van der Waals surface area contributed by atoms with Gasteiger partial charge in [0.15, 0.2) is 0 Å². The van der Waals surface area contributed by atoms with Gasteiger partial charge in [0.05, 0.1) is 10.6 Å². The van der Waals surface area contributed by atoms with Crippen molar-refractivity contribution in [1.29, 1.82) is 0 Å². The van der Waals surface area contributed by atoms with Crippen LogP contribution in [0.1, 0.15) is 10.4 Å². The van der Waals surface area contributed by atoms with Crippen LogP contribution in [0.5, 0.6) is 0 Å². The molecule has 0 heterocycles. The van der Waals surface area contributed by atoms with Crippen LogP contribution in [0.3, 0.4) is 0 Å². The van der Waals surface area contributed by atoms with Crippen molar-refractivity contribution in [3.63, 3.8) is 0 Å². The first-order valence-corrected chi connectivity index (χ1v) is 8.47. The molecule has 0 aliphatic carbocycles. The molecule has 0 aliphatic rings. The van der Waals surface area contributed by atoms with Crippen molar-refractivity contribution >= 4 is 33.2 Å². The zero-order valence-electron chi connectivity index (χ0n) is 12.6. The largest absolute Gasteiger partial charge is 0.298 e. The molecule has 1 amide bonds. The van der Waals surface area contributed by atoms with E-state index < -0.39 is 10.0 Å². The summed E-state index contributed by atoms with van der Waals surface area (Å²) in [6.45, 7) is 0. The van der Waals surface area contributed by atoms with Crippen LogP contribution in [0, 0.1) is 0 Å². The van der Waals surface area contributed by atoms with Crippen LogP contribution in [-0.4, -0.2) is 32.7 Å². The summed E-state index contributed by atoms with van der Waals surface area (Å²) in [7, 11) is -0.604. The Morgan fingerprint density at radius 2 is 1.57 bits per heavy atom. The molecule has 2 aromatic carbocycles. The minimum Gasteiger partial charge on any atom is -0.298 e. The Morgan fingerprint density at radius 1 is 1.00 bits per heavy atom. The minimum atomic E-state index is -3.51. The van der Waals surface area contributed by atoms with Gasteiger partial charge >= 0.3 is 0 Å². The molecule has 0 aromatic heterocycles. The number of carbonyl (C=O) groups excluding carboxylic acids is 1. The fourth-order valence-corrected chi connectivity index (χ4v) is 2.75. The van der Waals surface area contributed by atoms with Crippen molar-refractivity contribution in [3.05, 3.63) is 59.1 Å². The number of carbonyl (C=O) groups is 1. The lowest BCUT2D eigenvalue weighted by Crippen LogP contribution is -2.29. The molecule has 6 nitrogen and oxygen atoms in total. The van der Waals surface area contributed by atoms with Gasteiger partial charge in [0, 0.05) is 24.7 Å². The molecule has 0 saturated carbocycles. The number of amides is 1. The number of halogens is 1. The smallest absolute Gasteiger partial charge is 0.269 e. The number of sulfonamides is 1. The molecule has 2 aromatic rings. The molecule has 0 aliphatic heterocycles. The zero-order chi connectivity index (χ0) is 17.0. The van der Waals surface area contributed by atoms with Crippen LogP contribution in [-0.2, 0) is 10.0 Å². The summed E-state index contributed by atoms with van der Waals surface area (Å²) in [5.41, 5.74) is 6.29. The molecule has 0 saturated heterocycles. The molecular formula is C15H16ClN3O3S. The van der Waals surface area contributed by atoms with E-state index in [0.717, 1.165) is 4.31 Å². The first-order chi connectivity index (χ1) is 10.8. The molecule has 0 fully saturated rings. The van der Waals surface area contributed by atoms with Gasteiger partial charge in [0.2, 0.25) is 10.0 Å². The first kappa shape index (κ1) is 17.3. The van der Waals surface area contributed by atoms with Gasteiger partial charge < -0.3 is 0 Å². The highest BCUT2D eigenvalue weighted by Gasteiger charge is 2.17. The Morgan fingerprint density at radius 3 is 2.09 bits per heavy atom. The van der Waals surface area contributed by atoms with Crippen molar-refractivity contribution in [2.75, 3.05) is 19.5 Å². The second-order valence-corrected chi connectivity index (χ2v) is 7.49. The van der Waals surface area contributed by atoms with Crippen molar-refractivity contribution in [2.45, 2.75) is 4.90 Å². The number of anilines is 1. The van der Waals surface area contributed by atoms with E-state index in [1.54, 1.807) is 24.3 Å². The van der Waals surface area contributed by atoms with E-state index in [-0.39, 0.29) is 10.8 Å². The Kier molecular flexibility index (Phi) is 5.25. The average molecular weight is 354 g/mol. The van der Waals surface area contributed by atoms with Crippen molar-refractivity contribution in [2.24, 2.45) is 0 Å². The predicted molar refractivity (Wildman–Crippen MR) is 89.9 cm³/mol. The maximum Gasteiger partial charge on any atom is 0.269 e. The summed E-state index contributed by atoms with van der Waals surface area (Å²) in [5, 5.41) is 0.597. The molecule has 0 atom stereocenters. The molecule has 0 bridgehead atoms. The normalized spacial score (nSPS) is 11.3. The van der Waals surface area contributed by atoms with E-state index in [4.69, 9.17) is 11.6 Å². The molecule has 0 spiro atoms. The molecule has 8 heteroatoms. The first-order valence-electron chi connectivity index (χ1n) is 6.65. The highest BCUT2D eigenvalue weighted by atomic mass is 35.5. The molecule has 0 unspecified atom stereocenters. The van der Waals surface area contributed by atoms with E-state index in [9.17, 15) is 13.2 Å². The van der Waals surface area contributed by atoms with E-state index >= 15 is 0 Å². The van der Waals surface area contributed by atoms with Gasteiger partial charge in [-0.3, -0.25) is 15.6 Å². The number of hydrogen-bond donors (Lipinski definition) is 2. The van der Waals surface area contributed by atoms with Gasteiger partial charge in [-0.05, 0) is 48.5 Å². The van der Waals surface area contributed by atoms with Gasteiger partial charge in [-0.1, -0.05) is 11.6 Å². The van der Waals surface area contributed by atoms with Crippen LogP contribution >= 0.6 is 11.6 Å². The SMILES string of the molecule is CN(C)S(=O)(=O)c1ccc(C(=O)NNc2ccc(Cl)cc2)cc1. The Hall–Kier alpha value is -2.09. The van der Waals surface area contributed by atoms with Crippen molar-refractivity contribution in [1.82, 2.24) is 9.73 Å². The number of nitrogens with one attached hydrogen (secondary N) is 2. The molecule has 2 rings (SSSR count). The van der Waals surface area contributed by atoms with Crippen LogP contribution in [0.15, 0.2) is 53.4 Å². The summed E-state index contributed by atoms with van der Waals surface area (Å²) in [4.78, 5) is 12.1. The third kappa shape index (κ3) is 4.22. The molecule has 23 heavy (non-hydrogen) atoms. The summed E-state index contributed by atoms with van der Waals surface area (Å²) in [6, 6.07) is 12.5. The highest BCUT2D eigenvalue weighted by molar-refractivity contribution is 7.89. The van der Waals surface area contributed by atoms with Gasteiger partial charge in [-0.15, -0.1) is 0 Å². The van der Waals surface area contributed by atoms with Crippen LogP contribution in [0.4, 0.5) is 5.69 Å². The van der Waals surface area contributed by atoms with Gasteiger partial charge in [0.1, 0.15) is 0 Å². The number of nitrogens with zero attached hydrogens (tertiary/aromatic N) is 1. The van der Waals surface area contributed by atoms with Crippen LogP contribution in [0.25, 0.3) is 0 Å². The average Bonchev–Trinajstić information content (AvgIpc) is 2.54. The van der Waals surface area contributed by atoms with E-state index in [1.807, 2.05) is 0 Å².